The summed E-state index contributed by atoms with van der Waals surface area (Å²) >= 11 is 0. The fraction of sp³-hybridized carbons (Fsp3) is 0.357. The average Bonchev–Trinajstić information content (AvgIpc) is 2.33. The van der Waals surface area contributed by atoms with E-state index < -0.39 is 0 Å². The number of rotatable bonds is 1. The molecule has 0 bridgehead atoms. The van der Waals surface area contributed by atoms with E-state index in [4.69, 9.17) is 10.00 Å². The first-order valence-corrected chi connectivity index (χ1v) is 5.47. The van der Waals surface area contributed by atoms with Gasteiger partial charge in [-0.1, -0.05) is 17.7 Å². The van der Waals surface area contributed by atoms with Crippen LogP contribution in [0.25, 0.3) is 0 Å². The van der Waals surface area contributed by atoms with Crippen molar-refractivity contribution in [3.05, 3.63) is 46.5 Å². The molecule has 16 heavy (non-hydrogen) atoms. The van der Waals surface area contributed by atoms with Crippen molar-refractivity contribution in [2.24, 2.45) is 0 Å². The second-order valence-electron chi connectivity index (χ2n) is 4.30. The maximum absolute atomic E-state index is 8.73. The highest BCUT2D eigenvalue weighted by Crippen LogP contribution is 2.31. The van der Waals surface area contributed by atoms with E-state index in [1.807, 2.05) is 24.3 Å². The van der Waals surface area contributed by atoms with Crippen molar-refractivity contribution in [3.63, 3.8) is 0 Å². The summed E-state index contributed by atoms with van der Waals surface area (Å²) in [4.78, 5) is 0. The standard InChI is InChI=1S/C14H15NO/c1-10-7-14(16-9-11(10)2)13-5-3-12(8-15)4-6-13/h3-6,14H,7,9H2,1-2H3. The largest absolute Gasteiger partial charge is 0.369 e. The second-order valence-corrected chi connectivity index (χ2v) is 4.30. The maximum Gasteiger partial charge on any atom is 0.0991 e. The van der Waals surface area contributed by atoms with Gasteiger partial charge in [-0.05, 0) is 43.5 Å². The zero-order valence-electron chi connectivity index (χ0n) is 9.66. The number of ether oxygens (including phenoxy) is 1. The zero-order valence-corrected chi connectivity index (χ0v) is 9.66. The third kappa shape index (κ3) is 2.15. The summed E-state index contributed by atoms with van der Waals surface area (Å²) < 4.78 is 5.78. The van der Waals surface area contributed by atoms with Crippen LogP contribution in [-0.2, 0) is 4.74 Å². The number of benzene rings is 1. The quantitative estimate of drug-likeness (QED) is 0.670. The summed E-state index contributed by atoms with van der Waals surface area (Å²) in [6.45, 7) is 5.00. The van der Waals surface area contributed by atoms with E-state index in [0.717, 1.165) is 18.6 Å². The summed E-state index contributed by atoms with van der Waals surface area (Å²) in [6, 6.07) is 9.78. The van der Waals surface area contributed by atoms with Gasteiger partial charge in [0.05, 0.1) is 24.3 Å². The topological polar surface area (TPSA) is 33.0 Å². The Morgan fingerprint density at radius 1 is 1.19 bits per heavy atom. The summed E-state index contributed by atoms with van der Waals surface area (Å²) in [5.41, 5.74) is 4.61. The molecule has 0 fully saturated rings. The van der Waals surface area contributed by atoms with Crippen molar-refractivity contribution in [2.75, 3.05) is 6.61 Å². The van der Waals surface area contributed by atoms with Crippen LogP contribution in [0.5, 0.6) is 0 Å². The van der Waals surface area contributed by atoms with Crippen LogP contribution in [-0.4, -0.2) is 6.61 Å². The molecule has 1 unspecified atom stereocenters. The van der Waals surface area contributed by atoms with Crippen LogP contribution < -0.4 is 0 Å². The van der Waals surface area contributed by atoms with E-state index in [2.05, 4.69) is 19.9 Å². The van der Waals surface area contributed by atoms with Gasteiger partial charge in [-0.3, -0.25) is 0 Å². The molecular formula is C14H15NO. The molecule has 0 aliphatic carbocycles. The molecule has 0 radical (unpaired) electrons. The molecule has 2 nitrogen and oxygen atoms in total. The SMILES string of the molecule is CC1=C(C)CC(c2ccc(C#N)cc2)OC1. The number of hydrogen-bond donors (Lipinski definition) is 0. The first-order chi connectivity index (χ1) is 7.70. The minimum atomic E-state index is 0.149. The van der Waals surface area contributed by atoms with Crippen LogP contribution in [0.2, 0.25) is 0 Å². The molecule has 2 rings (SSSR count). The van der Waals surface area contributed by atoms with Crippen molar-refractivity contribution >= 4 is 0 Å². The number of hydrogen-bond acceptors (Lipinski definition) is 2. The van der Waals surface area contributed by atoms with Gasteiger partial charge in [-0.25, -0.2) is 0 Å². The highest BCUT2D eigenvalue weighted by atomic mass is 16.5. The molecule has 1 atom stereocenters. The molecule has 0 spiro atoms. The first kappa shape index (κ1) is 10.9. The van der Waals surface area contributed by atoms with Crippen molar-refractivity contribution in [3.8, 4) is 6.07 Å². The van der Waals surface area contributed by atoms with Crippen LogP contribution in [0.3, 0.4) is 0 Å². The fourth-order valence-electron chi connectivity index (χ4n) is 1.85. The lowest BCUT2D eigenvalue weighted by Gasteiger charge is -2.25. The number of nitrogens with zero attached hydrogens (tertiary/aromatic N) is 1. The van der Waals surface area contributed by atoms with Crippen molar-refractivity contribution in [2.45, 2.75) is 26.4 Å². The van der Waals surface area contributed by atoms with E-state index in [-0.39, 0.29) is 6.10 Å². The highest BCUT2D eigenvalue weighted by molar-refractivity contribution is 5.33. The Hall–Kier alpha value is -1.59. The highest BCUT2D eigenvalue weighted by Gasteiger charge is 2.18. The van der Waals surface area contributed by atoms with Gasteiger partial charge in [0.25, 0.3) is 0 Å². The molecule has 1 heterocycles. The molecule has 2 heteroatoms. The van der Waals surface area contributed by atoms with E-state index in [0.29, 0.717) is 5.56 Å². The Balaban J connectivity index is 2.17. The smallest absolute Gasteiger partial charge is 0.0991 e. The normalized spacial score (nSPS) is 20.7. The Bertz CT molecular complexity index is 451. The predicted molar refractivity (Wildman–Crippen MR) is 62.8 cm³/mol. The van der Waals surface area contributed by atoms with Gasteiger partial charge < -0.3 is 4.74 Å². The van der Waals surface area contributed by atoms with Gasteiger partial charge in [0.15, 0.2) is 0 Å². The van der Waals surface area contributed by atoms with Crippen LogP contribution in [0, 0.1) is 11.3 Å². The Morgan fingerprint density at radius 3 is 2.44 bits per heavy atom. The molecule has 82 valence electrons. The lowest BCUT2D eigenvalue weighted by atomic mass is 9.96. The Kier molecular flexibility index (Phi) is 3.07. The van der Waals surface area contributed by atoms with Crippen LogP contribution in [0.4, 0.5) is 0 Å². The van der Waals surface area contributed by atoms with Crippen LogP contribution in [0.15, 0.2) is 35.4 Å². The summed E-state index contributed by atoms with van der Waals surface area (Å²) in [6.07, 6.45) is 1.11. The van der Waals surface area contributed by atoms with Crippen LogP contribution >= 0.6 is 0 Å². The third-order valence-electron chi connectivity index (χ3n) is 3.13. The molecule has 0 aromatic heterocycles. The zero-order chi connectivity index (χ0) is 11.5. The second kappa shape index (κ2) is 4.51. The lowest BCUT2D eigenvalue weighted by molar-refractivity contribution is 0.0578. The van der Waals surface area contributed by atoms with Crippen molar-refractivity contribution in [1.82, 2.24) is 0 Å². The molecule has 1 aromatic carbocycles. The first-order valence-electron chi connectivity index (χ1n) is 5.47. The van der Waals surface area contributed by atoms with E-state index in [1.165, 1.54) is 11.1 Å². The van der Waals surface area contributed by atoms with Gasteiger partial charge in [-0.2, -0.15) is 5.26 Å². The third-order valence-corrected chi connectivity index (χ3v) is 3.13. The summed E-state index contributed by atoms with van der Waals surface area (Å²) in [7, 11) is 0. The van der Waals surface area contributed by atoms with Gasteiger partial charge in [0.1, 0.15) is 0 Å². The minimum absolute atomic E-state index is 0.149. The molecule has 0 saturated heterocycles. The molecule has 1 aliphatic rings. The van der Waals surface area contributed by atoms with Gasteiger partial charge >= 0.3 is 0 Å². The van der Waals surface area contributed by atoms with Gasteiger partial charge in [0, 0.05) is 0 Å². The summed E-state index contributed by atoms with van der Waals surface area (Å²) in [5.74, 6) is 0. The van der Waals surface area contributed by atoms with Crippen molar-refractivity contribution in [1.29, 1.82) is 5.26 Å². The molecule has 0 amide bonds. The Morgan fingerprint density at radius 2 is 1.88 bits per heavy atom. The fourth-order valence-corrected chi connectivity index (χ4v) is 1.85. The Labute approximate surface area is 96.2 Å². The number of nitriles is 1. The van der Waals surface area contributed by atoms with Gasteiger partial charge in [0.2, 0.25) is 0 Å². The molecule has 1 aromatic rings. The van der Waals surface area contributed by atoms with Gasteiger partial charge in [-0.15, -0.1) is 0 Å². The average molecular weight is 213 g/mol. The predicted octanol–water partition coefficient (Wildman–Crippen LogP) is 3.36. The lowest BCUT2D eigenvalue weighted by Crippen LogP contribution is -2.13. The van der Waals surface area contributed by atoms with Crippen LogP contribution in [0.1, 0.15) is 37.5 Å². The molecular weight excluding hydrogens is 198 g/mol. The molecule has 1 aliphatic heterocycles. The van der Waals surface area contributed by atoms with E-state index >= 15 is 0 Å². The van der Waals surface area contributed by atoms with E-state index in [1.54, 1.807) is 0 Å². The summed E-state index contributed by atoms with van der Waals surface area (Å²) in [5, 5.41) is 8.73. The van der Waals surface area contributed by atoms with Crippen molar-refractivity contribution < 1.29 is 4.74 Å². The van der Waals surface area contributed by atoms with E-state index in [9.17, 15) is 0 Å². The molecule has 0 saturated carbocycles. The maximum atomic E-state index is 8.73. The molecule has 0 N–H and O–H groups in total. The monoisotopic (exact) mass is 213 g/mol. The minimum Gasteiger partial charge on any atom is -0.369 e.